The van der Waals surface area contributed by atoms with Gasteiger partial charge in [0.25, 0.3) is 0 Å². The molecule has 0 aliphatic heterocycles. The van der Waals surface area contributed by atoms with Gasteiger partial charge in [0.1, 0.15) is 17.6 Å². The third-order valence-electron chi connectivity index (χ3n) is 3.47. The van der Waals surface area contributed by atoms with Crippen molar-refractivity contribution in [1.29, 1.82) is 0 Å². The van der Waals surface area contributed by atoms with Crippen LogP contribution in [0.4, 0.5) is 0 Å². The van der Waals surface area contributed by atoms with E-state index in [1.807, 2.05) is 30.3 Å². The minimum Gasteiger partial charge on any atom is -0.493 e. The minimum atomic E-state index is -2.18. The number of benzene rings is 2. The maximum Gasteiger partial charge on any atom is 0.210 e. The molecule has 0 unspecified atom stereocenters. The van der Waals surface area contributed by atoms with Crippen molar-refractivity contribution >= 4 is 56.2 Å². The average molecular weight is 365 g/mol. The Morgan fingerprint density at radius 3 is 2.56 bits per heavy atom. The molecular formula is C18H14NaO5S. The summed E-state index contributed by atoms with van der Waals surface area (Å²) >= 11 is 0. The van der Waals surface area contributed by atoms with Crippen molar-refractivity contribution in [3.63, 3.8) is 0 Å². The molecule has 3 aromatic rings. The van der Waals surface area contributed by atoms with Gasteiger partial charge in [-0.15, -0.1) is 0 Å². The second kappa shape index (κ2) is 9.01. The molecule has 0 atom stereocenters. The maximum absolute atomic E-state index is 12.6. The molecule has 1 radical (unpaired) electrons. The van der Waals surface area contributed by atoms with E-state index >= 15 is 0 Å². The van der Waals surface area contributed by atoms with E-state index in [2.05, 4.69) is 0 Å². The van der Waals surface area contributed by atoms with E-state index in [1.165, 1.54) is 6.26 Å². The van der Waals surface area contributed by atoms with Crippen molar-refractivity contribution in [3.05, 3.63) is 65.0 Å². The monoisotopic (exact) mass is 365 g/mol. The first-order chi connectivity index (χ1) is 11.6. The molecule has 123 valence electrons. The minimum absolute atomic E-state index is 0. The van der Waals surface area contributed by atoms with E-state index in [0.29, 0.717) is 22.3 Å². The van der Waals surface area contributed by atoms with Gasteiger partial charge in [-0.05, 0) is 17.7 Å². The summed E-state index contributed by atoms with van der Waals surface area (Å²) in [5.74, 6) is 0.517. The molecule has 0 spiro atoms. The van der Waals surface area contributed by atoms with Gasteiger partial charge in [-0.3, -0.25) is 4.79 Å². The Morgan fingerprint density at radius 2 is 1.84 bits per heavy atom. The van der Waals surface area contributed by atoms with Gasteiger partial charge in [0.05, 0.1) is 17.6 Å². The van der Waals surface area contributed by atoms with Crippen molar-refractivity contribution in [2.24, 2.45) is 0 Å². The topological polar surface area (TPSA) is 73.6 Å². The van der Waals surface area contributed by atoms with E-state index in [0.717, 1.165) is 10.9 Å². The predicted molar refractivity (Wildman–Crippen MR) is 98.8 cm³/mol. The van der Waals surface area contributed by atoms with Crippen LogP contribution in [-0.2, 0) is 10.3 Å². The largest absolute Gasteiger partial charge is 0.493 e. The molecule has 1 aromatic heterocycles. The summed E-state index contributed by atoms with van der Waals surface area (Å²) in [7, 11) is -2.18. The molecule has 0 aliphatic rings. The Morgan fingerprint density at radius 1 is 1.08 bits per heavy atom. The Balaban J connectivity index is 0.00000225. The third-order valence-corrected chi connectivity index (χ3v) is 3.98. The summed E-state index contributed by atoms with van der Waals surface area (Å²) in [6.07, 6.45) is 1.73. The molecule has 0 saturated heterocycles. The summed E-state index contributed by atoms with van der Waals surface area (Å²) < 4.78 is 31.9. The van der Waals surface area contributed by atoms with Crippen LogP contribution < -0.4 is 10.2 Å². The summed E-state index contributed by atoms with van der Waals surface area (Å²) in [5, 5.41) is 1.60. The zero-order valence-electron chi connectivity index (χ0n) is 13.6. The number of fused-ring (bicyclic) bond motifs is 1. The maximum atomic E-state index is 12.6. The molecule has 2 aromatic carbocycles. The van der Waals surface area contributed by atoms with Gasteiger partial charge in [-0.2, -0.15) is 8.42 Å². The molecule has 5 nitrogen and oxygen atoms in total. The molecule has 0 aliphatic carbocycles. The van der Waals surface area contributed by atoms with E-state index in [1.54, 1.807) is 18.2 Å². The zero-order chi connectivity index (χ0) is 16.9. The predicted octanol–water partition coefficient (Wildman–Crippen LogP) is 2.53. The number of hydrogen-bond donors (Lipinski definition) is 0. The smallest absolute Gasteiger partial charge is 0.210 e. The fourth-order valence-electron chi connectivity index (χ4n) is 2.34. The van der Waals surface area contributed by atoms with Crippen LogP contribution in [0.1, 0.15) is 6.42 Å². The second-order valence-corrected chi connectivity index (χ2v) is 5.92. The van der Waals surface area contributed by atoms with Gasteiger partial charge >= 0.3 is 0 Å². The van der Waals surface area contributed by atoms with Crippen molar-refractivity contribution in [2.45, 2.75) is 6.42 Å². The van der Waals surface area contributed by atoms with E-state index in [-0.39, 0.29) is 48.0 Å². The van der Waals surface area contributed by atoms with Gasteiger partial charge < -0.3 is 9.15 Å². The SMILES string of the molecule is O=c1c(-c2ccccc2)coc2cc(OCCC=S(=O)=O)ccc12.[Na]. The Kier molecular flexibility index (Phi) is 7.01. The van der Waals surface area contributed by atoms with Gasteiger partial charge in [-0.1, -0.05) is 30.3 Å². The van der Waals surface area contributed by atoms with Gasteiger partial charge in [0, 0.05) is 47.4 Å². The first kappa shape index (κ1) is 19.5. The van der Waals surface area contributed by atoms with E-state index < -0.39 is 10.3 Å². The van der Waals surface area contributed by atoms with Crippen LogP contribution in [-0.4, -0.2) is 49.9 Å². The van der Waals surface area contributed by atoms with Crippen LogP contribution in [0.5, 0.6) is 5.75 Å². The van der Waals surface area contributed by atoms with Crippen LogP contribution in [0.25, 0.3) is 22.1 Å². The van der Waals surface area contributed by atoms with Crippen molar-refractivity contribution < 1.29 is 17.6 Å². The van der Waals surface area contributed by atoms with Crippen LogP contribution in [0.2, 0.25) is 0 Å². The molecule has 25 heavy (non-hydrogen) atoms. The Labute approximate surface area is 168 Å². The van der Waals surface area contributed by atoms with Crippen LogP contribution in [0.15, 0.2) is 64.0 Å². The summed E-state index contributed by atoms with van der Waals surface area (Å²) in [6, 6.07) is 14.3. The molecule has 0 bridgehead atoms. The van der Waals surface area contributed by atoms with Crippen molar-refractivity contribution in [1.82, 2.24) is 0 Å². The molecule has 0 N–H and O–H groups in total. The molecule has 0 saturated carbocycles. The Bertz CT molecular complexity index is 1050. The molecule has 1 heterocycles. The fraction of sp³-hybridized carbons (Fsp3) is 0.111. The van der Waals surface area contributed by atoms with Crippen molar-refractivity contribution in [3.8, 4) is 16.9 Å². The Hall–Kier alpha value is -1.86. The molecule has 7 heteroatoms. The van der Waals surface area contributed by atoms with E-state index in [9.17, 15) is 13.2 Å². The van der Waals surface area contributed by atoms with Crippen LogP contribution >= 0.6 is 0 Å². The van der Waals surface area contributed by atoms with Gasteiger partial charge in [0.15, 0.2) is 5.43 Å². The molecule has 0 amide bonds. The quantitative estimate of drug-likeness (QED) is 0.395. The van der Waals surface area contributed by atoms with Crippen molar-refractivity contribution in [2.75, 3.05) is 6.61 Å². The summed E-state index contributed by atoms with van der Waals surface area (Å²) in [4.78, 5) is 12.6. The first-order valence-electron chi connectivity index (χ1n) is 7.30. The number of rotatable bonds is 5. The normalized spacial score (nSPS) is 10.1. The molecule has 0 fully saturated rings. The second-order valence-electron chi connectivity index (χ2n) is 5.07. The zero-order valence-corrected chi connectivity index (χ0v) is 16.5. The number of hydrogen-bond acceptors (Lipinski definition) is 5. The first-order valence-corrected chi connectivity index (χ1v) is 8.44. The summed E-state index contributed by atoms with van der Waals surface area (Å²) in [6.45, 7) is 0.228. The standard InChI is InChI=1S/C18H14O5S.Na/c19-18-15-8-7-14(22-9-4-10-24(20)21)11-17(15)23-12-16(18)13-5-2-1-3-6-13;/h1-3,5-8,10-12H,4,9H2;. The van der Waals surface area contributed by atoms with Gasteiger partial charge in [0.2, 0.25) is 10.3 Å². The molecule has 3 rings (SSSR count). The molecular weight excluding hydrogens is 351 g/mol. The average Bonchev–Trinajstić information content (AvgIpc) is 2.59. The van der Waals surface area contributed by atoms with E-state index in [4.69, 9.17) is 9.15 Å². The fourth-order valence-corrected chi connectivity index (χ4v) is 2.63. The van der Waals surface area contributed by atoms with Gasteiger partial charge in [-0.25, -0.2) is 0 Å². The number of ether oxygens (including phenoxy) is 1. The third kappa shape index (κ3) is 4.83. The van der Waals surface area contributed by atoms with Crippen LogP contribution in [0, 0.1) is 0 Å². The van der Waals surface area contributed by atoms with Crippen LogP contribution in [0.3, 0.4) is 0 Å². The summed E-state index contributed by atoms with van der Waals surface area (Å²) in [5.41, 5.74) is 1.62.